The molecule has 0 aliphatic heterocycles. The number of sulfone groups is 1. The lowest BCUT2D eigenvalue weighted by atomic mass is 10.2. The summed E-state index contributed by atoms with van der Waals surface area (Å²) >= 11 is 5.42. The minimum absolute atomic E-state index is 0.525. The van der Waals surface area contributed by atoms with Crippen molar-refractivity contribution in [2.24, 2.45) is 0 Å². The standard InChI is InChI=1S/C10H10ClFO5S/c1-5(13)4-18(16,17)6-2-7(10(14)15)9(11)8(12)3-6/h2-3,5,13H,4H2,1H3,(H,14,15). The molecule has 18 heavy (non-hydrogen) atoms. The molecule has 0 saturated heterocycles. The number of aromatic carboxylic acids is 1. The second kappa shape index (κ2) is 5.21. The molecule has 1 aromatic carbocycles. The fourth-order valence-electron chi connectivity index (χ4n) is 1.31. The number of carbonyl (C=O) groups is 1. The first-order valence-electron chi connectivity index (χ1n) is 4.78. The van der Waals surface area contributed by atoms with E-state index in [0.717, 1.165) is 6.07 Å². The molecule has 1 unspecified atom stereocenters. The number of carboxylic acids is 1. The van der Waals surface area contributed by atoms with Crippen molar-refractivity contribution in [3.05, 3.63) is 28.5 Å². The second-order valence-corrected chi connectivity index (χ2v) is 6.11. The lowest BCUT2D eigenvalue weighted by molar-refractivity contribution is 0.0696. The maximum absolute atomic E-state index is 13.3. The lowest BCUT2D eigenvalue weighted by Crippen LogP contribution is -2.18. The molecule has 1 atom stereocenters. The summed E-state index contributed by atoms with van der Waals surface area (Å²) in [4.78, 5) is 10.3. The van der Waals surface area contributed by atoms with Crippen molar-refractivity contribution in [2.45, 2.75) is 17.9 Å². The van der Waals surface area contributed by atoms with Gasteiger partial charge in [-0.15, -0.1) is 0 Å². The monoisotopic (exact) mass is 296 g/mol. The fraction of sp³-hybridized carbons (Fsp3) is 0.300. The number of benzene rings is 1. The van der Waals surface area contributed by atoms with E-state index in [4.69, 9.17) is 21.8 Å². The normalized spacial score (nSPS) is 13.3. The van der Waals surface area contributed by atoms with Gasteiger partial charge in [0.25, 0.3) is 0 Å². The molecule has 0 fully saturated rings. The van der Waals surface area contributed by atoms with E-state index in [9.17, 15) is 17.6 Å². The Morgan fingerprint density at radius 3 is 2.50 bits per heavy atom. The first kappa shape index (κ1) is 14.9. The molecular formula is C10H10ClFO5S. The Kier molecular flexibility index (Phi) is 4.31. The third-order valence-corrected chi connectivity index (χ3v) is 4.31. The molecule has 1 aromatic rings. The van der Waals surface area contributed by atoms with Gasteiger partial charge in [-0.25, -0.2) is 17.6 Å². The van der Waals surface area contributed by atoms with Crippen LogP contribution in [0.1, 0.15) is 17.3 Å². The molecule has 0 heterocycles. The quantitative estimate of drug-likeness (QED) is 0.874. The van der Waals surface area contributed by atoms with E-state index in [0.29, 0.717) is 6.07 Å². The molecule has 8 heteroatoms. The maximum Gasteiger partial charge on any atom is 0.337 e. The van der Waals surface area contributed by atoms with Crippen LogP contribution in [0.15, 0.2) is 17.0 Å². The van der Waals surface area contributed by atoms with Crippen molar-refractivity contribution >= 4 is 27.4 Å². The Morgan fingerprint density at radius 1 is 1.50 bits per heavy atom. The fourth-order valence-corrected chi connectivity index (χ4v) is 2.91. The Morgan fingerprint density at radius 2 is 2.06 bits per heavy atom. The Balaban J connectivity index is 3.40. The zero-order chi connectivity index (χ0) is 14.1. The van der Waals surface area contributed by atoms with Crippen LogP contribution in [-0.4, -0.2) is 36.5 Å². The number of carboxylic acid groups (broad SMARTS) is 1. The highest BCUT2D eigenvalue weighted by molar-refractivity contribution is 7.91. The Labute approximate surface area is 108 Å². The number of hydrogen-bond donors (Lipinski definition) is 2. The minimum atomic E-state index is -3.97. The van der Waals surface area contributed by atoms with Crippen molar-refractivity contribution < 1.29 is 27.8 Å². The highest BCUT2D eigenvalue weighted by Crippen LogP contribution is 2.25. The third kappa shape index (κ3) is 3.18. The van der Waals surface area contributed by atoms with Crippen molar-refractivity contribution in [1.82, 2.24) is 0 Å². The summed E-state index contributed by atoms with van der Waals surface area (Å²) < 4.78 is 36.8. The molecule has 0 saturated carbocycles. The smallest absolute Gasteiger partial charge is 0.337 e. The van der Waals surface area contributed by atoms with Gasteiger partial charge in [-0.3, -0.25) is 0 Å². The molecule has 0 amide bonds. The van der Waals surface area contributed by atoms with Crippen molar-refractivity contribution in [3.8, 4) is 0 Å². The summed E-state index contributed by atoms with van der Waals surface area (Å²) in [6.07, 6.45) is -1.15. The molecule has 2 N–H and O–H groups in total. The van der Waals surface area contributed by atoms with Crippen LogP contribution in [0.25, 0.3) is 0 Å². The summed E-state index contributed by atoms with van der Waals surface area (Å²) in [6.45, 7) is 1.25. The summed E-state index contributed by atoms with van der Waals surface area (Å²) in [5.41, 5.74) is -0.638. The van der Waals surface area contributed by atoms with Gasteiger partial charge in [0.15, 0.2) is 9.84 Å². The summed E-state index contributed by atoms with van der Waals surface area (Å²) in [5.74, 6) is -3.30. The Hall–Kier alpha value is -1.18. The molecule has 0 radical (unpaired) electrons. The predicted octanol–water partition coefficient (Wildman–Crippen LogP) is 1.33. The van der Waals surface area contributed by atoms with E-state index in [1.165, 1.54) is 6.92 Å². The molecular weight excluding hydrogens is 287 g/mol. The number of aliphatic hydroxyl groups excluding tert-OH is 1. The van der Waals surface area contributed by atoms with Gasteiger partial charge in [-0.2, -0.15) is 0 Å². The van der Waals surface area contributed by atoms with Gasteiger partial charge in [0.05, 0.1) is 27.3 Å². The zero-order valence-corrected chi connectivity index (χ0v) is 10.8. The van der Waals surface area contributed by atoms with Gasteiger partial charge < -0.3 is 10.2 Å². The van der Waals surface area contributed by atoms with Crippen LogP contribution in [0, 0.1) is 5.82 Å². The lowest BCUT2D eigenvalue weighted by Gasteiger charge is -2.09. The molecule has 0 aliphatic rings. The number of halogens is 2. The van der Waals surface area contributed by atoms with Gasteiger partial charge in [-0.1, -0.05) is 11.6 Å². The first-order valence-corrected chi connectivity index (χ1v) is 6.81. The van der Waals surface area contributed by atoms with Crippen molar-refractivity contribution in [3.63, 3.8) is 0 Å². The minimum Gasteiger partial charge on any atom is -0.478 e. The van der Waals surface area contributed by atoms with Gasteiger partial charge in [0.2, 0.25) is 0 Å². The van der Waals surface area contributed by atoms with Gasteiger partial charge in [0, 0.05) is 0 Å². The topological polar surface area (TPSA) is 91.7 Å². The molecule has 5 nitrogen and oxygen atoms in total. The van der Waals surface area contributed by atoms with Crippen LogP contribution in [0.2, 0.25) is 5.02 Å². The molecule has 0 aliphatic carbocycles. The largest absolute Gasteiger partial charge is 0.478 e. The highest BCUT2D eigenvalue weighted by atomic mass is 35.5. The third-order valence-electron chi connectivity index (χ3n) is 2.05. The van der Waals surface area contributed by atoms with Gasteiger partial charge >= 0.3 is 5.97 Å². The van der Waals surface area contributed by atoms with Crippen LogP contribution in [0.3, 0.4) is 0 Å². The van der Waals surface area contributed by atoms with Crippen LogP contribution in [0.4, 0.5) is 4.39 Å². The zero-order valence-electron chi connectivity index (χ0n) is 9.22. The summed E-state index contributed by atoms with van der Waals surface area (Å²) in [5, 5.41) is 17.1. The van der Waals surface area contributed by atoms with Crippen molar-refractivity contribution in [1.29, 1.82) is 0 Å². The van der Waals surface area contributed by atoms with Crippen LogP contribution >= 0.6 is 11.6 Å². The number of hydrogen-bond acceptors (Lipinski definition) is 4. The van der Waals surface area contributed by atoms with Crippen LogP contribution in [0.5, 0.6) is 0 Å². The van der Waals surface area contributed by atoms with Crippen LogP contribution < -0.4 is 0 Å². The highest BCUT2D eigenvalue weighted by Gasteiger charge is 2.23. The van der Waals surface area contributed by atoms with Crippen molar-refractivity contribution in [2.75, 3.05) is 5.75 Å². The molecule has 100 valence electrons. The van der Waals surface area contributed by atoms with E-state index in [2.05, 4.69) is 0 Å². The molecule has 0 aromatic heterocycles. The van der Waals surface area contributed by atoms with E-state index in [-0.39, 0.29) is 0 Å². The number of aliphatic hydroxyl groups is 1. The van der Waals surface area contributed by atoms with Gasteiger partial charge in [-0.05, 0) is 19.1 Å². The van der Waals surface area contributed by atoms with Crippen LogP contribution in [-0.2, 0) is 9.84 Å². The van der Waals surface area contributed by atoms with E-state index < -0.39 is 49.0 Å². The average Bonchev–Trinajstić information content (AvgIpc) is 2.19. The molecule has 0 bridgehead atoms. The SMILES string of the molecule is CC(O)CS(=O)(=O)c1cc(F)c(Cl)c(C(=O)O)c1. The number of rotatable bonds is 4. The second-order valence-electron chi connectivity index (χ2n) is 3.70. The maximum atomic E-state index is 13.3. The molecule has 0 spiro atoms. The predicted molar refractivity (Wildman–Crippen MR) is 62.1 cm³/mol. The average molecular weight is 297 g/mol. The Bertz CT molecular complexity index is 582. The van der Waals surface area contributed by atoms with E-state index in [1.54, 1.807) is 0 Å². The van der Waals surface area contributed by atoms with E-state index in [1.807, 2.05) is 0 Å². The van der Waals surface area contributed by atoms with E-state index >= 15 is 0 Å². The summed E-state index contributed by atoms with van der Waals surface area (Å²) in [7, 11) is -3.97. The molecule has 1 rings (SSSR count). The first-order chi connectivity index (χ1) is 8.15. The summed E-state index contributed by atoms with van der Waals surface area (Å²) in [6, 6.07) is 1.40. The van der Waals surface area contributed by atoms with Gasteiger partial charge in [0.1, 0.15) is 5.82 Å².